The van der Waals surface area contributed by atoms with Gasteiger partial charge in [-0.3, -0.25) is 4.79 Å². The van der Waals surface area contributed by atoms with E-state index >= 15 is 0 Å². The molecule has 0 aromatic carbocycles. The van der Waals surface area contributed by atoms with Crippen LogP contribution in [0.15, 0.2) is 11.8 Å². The van der Waals surface area contributed by atoms with Gasteiger partial charge in [0.05, 0.1) is 17.4 Å². The molecule has 1 amide bonds. The molecular formula is C9H11NO3S. The van der Waals surface area contributed by atoms with Gasteiger partial charge >= 0.3 is 5.97 Å². The average molecular weight is 213 g/mol. The molecule has 2 atom stereocenters. The second kappa shape index (κ2) is 3.31. The van der Waals surface area contributed by atoms with Gasteiger partial charge in [0.2, 0.25) is 5.91 Å². The summed E-state index contributed by atoms with van der Waals surface area (Å²) in [4.78, 5) is 23.5. The number of amides is 1. The Morgan fingerprint density at radius 1 is 1.79 bits per heavy atom. The molecule has 2 aliphatic heterocycles. The van der Waals surface area contributed by atoms with E-state index in [1.165, 1.54) is 11.1 Å². The van der Waals surface area contributed by atoms with Crippen LogP contribution in [0.3, 0.4) is 0 Å². The first-order chi connectivity index (χ1) is 6.63. The minimum absolute atomic E-state index is 0.0239. The predicted molar refractivity (Wildman–Crippen MR) is 52.6 cm³/mol. The van der Waals surface area contributed by atoms with E-state index in [4.69, 9.17) is 5.11 Å². The van der Waals surface area contributed by atoms with Crippen LogP contribution < -0.4 is 0 Å². The lowest BCUT2D eigenvalue weighted by atomic mass is 10.1. The summed E-state index contributed by atoms with van der Waals surface area (Å²) in [7, 11) is 0. The van der Waals surface area contributed by atoms with E-state index in [-0.39, 0.29) is 16.5 Å². The first-order valence-electron chi connectivity index (χ1n) is 4.55. The number of carbonyl (C=O) groups is 2. The van der Waals surface area contributed by atoms with E-state index in [1.807, 2.05) is 6.92 Å². The molecule has 14 heavy (non-hydrogen) atoms. The van der Waals surface area contributed by atoms with Crippen molar-refractivity contribution < 1.29 is 14.7 Å². The lowest BCUT2D eigenvalue weighted by molar-refractivity contribution is -0.138. The van der Waals surface area contributed by atoms with Gasteiger partial charge < -0.3 is 10.0 Å². The Hall–Kier alpha value is -0.970. The average Bonchev–Trinajstić information content (AvgIpc) is 2.14. The number of nitrogens with zero attached hydrogens (tertiary/aromatic N) is 1. The van der Waals surface area contributed by atoms with Crippen molar-refractivity contribution in [1.29, 1.82) is 0 Å². The molecule has 0 saturated carbocycles. The van der Waals surface area contributed by atoms with Gasteiger partial charge in [0.15, 0.2) is 0 Å². The topological polar surface area (TPSA) is 57.6 Å². The van der Waals surface area contributed by atoms with E-state index in [1.54, 1.807) is 11.8 Å². The molecule has 1 saturated heterocycles. The maximum absolute atomic E-state index is 11.1. The molecular weight excluding hydrogens is 202 g/mol. The summed E-state index contributed by atoms with van der Waals surface area (Å²) < 4.78 is 0. The fourth-order valence-corrected chi connectivity index (χ4v) is 3.10. The fraction of sp³-hybridized carbons (Fsp3) is 0.556. The molecule has 4 nitrogen and oxygen atoms in total. The van der Waals surface area contributed by atoms with Crippen LogP contribution in [-0.4, -0.2) is 32.5 Å². The number of carboxylic acids is 1. The third kappa shape index (κ3) is 1.32. The SMILES string of the molecule is CCC1S[C@@H]2CC(=O)N2C=C1C(=O)O. The lowest BCUT2D eigenvalue weighted by Gasteiger charge is -2.43. The maximum atomic E-state index is 11.1. The summed E-state index contributed by atoms with van der Waals surface area (Å²) in [6.07, 6.45) is 2.84. The molecule has 2 aliphatic rings. The van der Waals surface area contributed by atoms with Crippen molar-refractivity contribution in [3.63, 3.8) is 0 Å². The highest BCUT2D eigenvalue weighted by Gasteiger charge is 2.42. The summed E-state index contributed by atoms with van der Waals surface area (Å²) >= 11 is 1.58. The first-order valence-corrected chi connectivity index (χ1v) is 5.49. The van der Waals surface area contributed by atoms with E-state index in [9.17, 15) is 9.59 Å². The Bertz CT molecular complexity index is 326. The molecule has 0 spiro atoms. The minimum atomic E-state index is -0.914. The van der Waals surface area contributed by atoms with Crippen molar-refractivity contribution in [1.82, 2.24) is 4.90 Å². The molecule has 0 aliphatic carbocycles. The van der Waals surface area contributed by atoms with Gasteiger partial charge in [-0.05, 0) is 6.42 Å². The van der Waals surface area contributed by atoms with Gasteiger partial charge in [0.1, 0.15) is 0 Å². The molecule has 1 fully saturated rings. The number of hydrogen-bond acceptors (Lipinski definition) is 3. The summed E-state index contributed by atoms with van der Waals surface area (Å²) in [5.41, 5.74) is 0.349. The van der Waals surface area contributed by atoms with E-state index < -0.39 is 5.97 Å². The largest absolute Gasteiger partial charge is 0.478 e. The fourth-order valence-electron chi connectivity index (χ4n) is 1.68. The molecule has 1 unspecified atom stereocenters. The van der Waals surface area contributed by atoms with Crippen LogP contribution in [-0.2, 0) is 9.59 Å². The van der Waals surface area contributed by atoms with Crippen LogP contribution in [0.4, 0.5) is 0 Å². The van der Waals surface area contributed by atoms with Crippen molar-refractivity contribution in [2.75, 3.05) is 0 Å². The van der Waals surface area contributed by atoms with Crippen LogP contribution >= 0.6 is 11.8 Å². The van der Waals surface area contributed by atoms with Gasteiger partial charge in [-0.25, -0.2) is 4.79 Å². The number of carboxylic acid groups (broad SMARTS) is 1. The van der Waals surface area contributed by atoms with Gasteiger partial charge in [0.25, 0.3) is 0 Å². The van der Waals surface area contributed by atoms with Gasteiger partial charge in [-0.15, -0.1) is 11.8 Å². The number of β-lactam (4-membered cyclic amide) rings is 1. The van der Waals surface area contributed by atoms with Crippen LogP contribution in [0.25, 0.3) is 0 Å². The monoisotopic (exact) mass is 213 g/mol. The molecule has 0 radical (unpaired) electrons. The summed E-state index contributed by atoms with van der Waals surface area (Å²) in [5.74, 6) is -0.890. The zero-order valence-corrected chi connectivity index (χ0v) is 8.58. The molecule has 2 rings (SSSR count). The predicted octanol–water partition coefficient (Wildman–Crippen LogP) is 1.04. The Labute approximate surface area is 86.0 Å². The lowest BCUT2D eigenvalue weighted by Crippen LogP contribution is -2.51. The number of rotatable bonds is 2. The van der Waals surface area contributed by atoms with Gasteiger partial charge in [-0.1, -0.05) is 6.92 Å². The second-order valence-corrected chi connectivity index (χ2v) is 4.77. The third-order valence-electron chi connectivity index (χ3n) is 2.51. The minimum Gasteiger partial charge on any atom is -0.478 e. The molecule has 76 valence electrons. The smallest absolute Gasteiger partial charge is 0.334 e. The Kier molecular flexibility index (Phi) is 2.26. The normalized spacial score (nSPS) is 30.5. The van der Waals surface area contributed by atoms with E-state index in [2.05, 4.69) is 0 Å². The van der Waals surface area contributed by atoms with Crippen LogP contribution in [0.2, 0.25) is 0 Å². The maximum Gasteiger partial charge on any atom is 0.334 e. The third-order valence-corrected chi connectivity index (χ3v) is 4.14. The van der Waals surface area contributed by atoms with E-state index in [0.717, 1.165) is 6.42 Å². The van der Waals surface area contributed by atoms with Crippen molar-refractivity contribution >= 4 is 23.6 Å². The zero-order valence-electron chi connectivity index (χ0n) is 7.77. The summed E-state index contributed by atoms with van der Waals surface area (Å²) in [5, 5.41) is 9.14. The van der Waals surface area contributed by atoms with Gasteiger partial charge in [-0.2, -0.15) is 0 Å². The summed E-state index contributed by atoms with van der Waals surface area (Å²) in [6, 6.07) is 0. The first kappa shape index (κ1) is 9.58. The van der Waals surface area contributed by atoms with Crippen LogP contribution in [0.5, 0.6) is 0 Å². The van der Waals surface area contributed by atoms with E-state index in [0.29, 0.717) is 12.0 Å². The number of carbonyl (C=O) groups excluding carboxylic acids is 1. The van der Waals surface area contributed by atoms with Gasteiger partial charge in [0, 0.05) is 11.4 Å². The van der Waals surface area contributed by atoms with Crippen molar-refractivity contribution in [2.24, 2.45) is 0 Å². The number of fused-ring (bicyclic) bond motifs is 1. The molecule has 0 aromatic rings. The Morgan fingerprint density at radius 3 is 3.00 bits per heavy atom. The Morgan fingerprint density at radius 2 is 2.50 bits per heavy atom. The molecule has 0 bridgehead atoms. The van der Waals surface area contributed by atoms with Crippen molar-refractivity contribution in [3.8, 4) is 0 Å². The highest BCUT2D eigenvalue weighted by atomic mass is 32.2. The molecule has 1 N–H and O–H groups in total. The number of thioether (sulfide) groups is 1. The highest BCUT2D eigenvalue weighted by molar-refractivity contribution is 8.00. The van der Waals surface area contributed by atoms with Crippen LogP contribution in [0.1, 0.15) is 19.8 Å². The number of hydrogen-bond donors (Lipinski definition) is 1. The second-order valence-electron chi connectivity index (χ2n) is 3.38. The number of aliphatic carboxylic acids is 1. The molecule has 2 heterocycles. The zero-order chi connectivity index (χ0) is 10.3. The Balaban J connectivity index is 2.25. The van der Waals surface area contributed by atoms with Crippen molar-refractivity contribution in [2.45, 2.75) is 30.4 Å². The highest BCUT2D eigenvalue weighted by Crippen LogP contribution is 2.41. The van der Waals surface area contributed by atoms with Crippen molar-refractivity contribution in [3.05, 3.63) is 11.8 Å². The molecule has 5 heteroatoms. The summed E-state index contributed by atoms with van der Waals surface area (Å²) in [6.45, 7) is 1.96. The molecule has 0 aromatic heterocycles. The van der Waals surface area contributed by atoms with Crippen LogP contribution in [0, 0.1) is 0 Å². The standard InChI is InChI=1S/C9H11NO3S/c1-2-6-5(9(12)13)4-10-7(11)3-8(10)14-6/h4,6,8H,2-3H2,1H3,(H,12,13)/t6?,8-/m1/s1. The quantitative estimate of drug-likeness (QED) is 0.696.